The van der Waals surface area contributed by atoms with Crippen molar-refractivity contribution in [3.05, 3.63) is 12.2 Å². The molecule has 0 aromatic heterocycles. The van der Waals surface area contributed by atoms with Crippen LogP contribution in [0, 0.1) is 0 Å². The van der Waals surface area contributed by atoms with Crippen LogP contribution in [-0.4, -0.2) is 24.9 Å². The van der Waals surface area contributed by atoms with Crippen LogP contribution in [-0.2, 0) is 4.84 Å². The zero-order chi connectivity index (χ0) is 7.98. The largest absolute Gasteiger partial charge is 0.395 e. The zero-order valence-electron chi connectivity index (χ0n) is 6.55. The van der Waals surface area contributed by atoms with Gasteiger partial charge in [0, 0.05) is 0 Å². The predicted molar refractivity (Wildman–Crippen MR) is 40.4 cm³/mol. The van der Waals surface area contributed by atoms with Gasteiger partial charge in [0.05, 0.1) is 19.8 Å². The molecule has 0 saturated carbocycles. The number of hydroxylamine groups is 1. The van der Waals surface area contributed by atoms with Gasteiger partial charge in [-0.25, -0.2) is 0 Å². The normalized spacial score (nSPS) is 13.1. The summed E-state index contributed by atoms with van der Waals surface area (Å²) in [6.45, 7) is 5.71. The molecule has 10 heavy (non-hydrogen) atoms. The van der Waals surface area contributed by atoms with E-state index in [2.05, 4.69) is 16.9 Å². The van der Waals surface area contributed by atoms with Crippen LogP contribution in [0.5, 0.6) is 0 Å². The third-order valence-electron chi connectivity index (χ3n) is 1.10. The van der Waals surface area contributed by atoms with Crippen molar-refractivity contribution in [1.82, 2.24) is 5.48 Å². The SMILES string of the molecule is C=C(C)CC(CO)NOC. The highest BCUT2D eigenvalue weighted by molar-refractivity contribution is 4.91. The van der Waals surface area contributed by atoms with Gasteiger partial charge in [-0.15, -0.1) is 6.58 Å². The summed E-state index contributed by atoms with van der Waals surface area (Å²) in [5, 5.41) is 8.72. The number of nitrogens with one attached hydrogen (secondary N) is 1. The molecule has 0 amide bonds. The first-order valence-electron chi connectivity index (χ1n) is 3.24. The van der Waals surface area contributed by atoms with Gasteiger partial charge in [-0.3, -0.25) is 0 Å². The Bertz CT molecular complexity index is 104. The molecule has 2 N–H and O–H groups in total. The van der Waals surface area contributed by atoms with Crippen molar-refractivity contribution < 1.29 is 9.94 Å². The molecule has 0 radical (unpaired) electrons. The summed E-state index contributed by atoms with van der Waals surface area (Å²) < 4.78 is 0. The first-order chi connectivity index (χ1) is 4.70. The topological polar surface area (TPSA) is 41.5 Å². The van der Waals surface area contributed by atoms with E-state index in [9.17, 15) is 0 Å². The molecule has 0 bridgehead atoms. The van der Waals surface area contributed by atoms with Crippen LogP contribution in [0.3, 0.4) is 0 Å². The highest BCUT2D eigenvalue weighted by Crippen LogP contribution is 2.00. The van der Waals surface area contributed by atoms with Crippen LogP contribution < -0.4 is 5.48 Å². The van der Waals surface area contributed by atoms with E-state index in [4.69, 9.17) is 5.11 Å². The third-order valence-corrected chi connectivity index (χ3v) is 1.10. The van der Waals surface area contributed by atoms with E-state index in [-0.39, 0.29) is 12.6 Å². The van der Waals surface area contributed by atoms with Crippen molar-refractivity contribution in [1.29, 1.82) is 0 Å². The molecule has 0 rings (SSSR count). The second-order valence-electron chi connectivity index (χ2n) is 2.36. The van der Waals surface area contributed by atoms with Gasteiger partial charge in [0.2, 0.25) is 0 Å². The maximum absolute atomic E-state index is 8.72. The third kappa shape index (κ3) is 4.49. The molecule has 0 aliphatic rings. The Morgan fingerprint density at radius 2 is 2.40 bits per heavy atom. The van der Waals surface area contributed by atoms with E-state index in [0.717, 1.165) is 12.0 Å². The van der Waals surface area contributed by atoms with Gasteiger partial charge in [0.25, 0.3) is 0 Å². The first kappa shape index (κ1) is 9.62. The lowest BCUT2D eigenvalue weighted by atomic mass is 10.1. The summed E-state index contributed by atoms with van der Waals surface area (Å²) in [6.07, 6.45) is 0.740. The first-order valence-corrected chi connectivity index (χ1v) is 3.24. The summed E-state index contributed by atoms with van der Waals surface area (Å²) in [7, 11) is 1.53. The second-order valence-corrected chi connectivity index (χ2v) is 2.36. The molecular weight excluding hydrogens is 130 g/mol. The molecule has 0 aliphatic heterocycles. The van der Waals surface area contributed by atoms with Crippen LogP contribution in [0.1, 0.15) is 13.3 Å². The number of rotatable bonds is 5. The lowest BCUT2D eigenvalue weighted by Crippen LogP contribution is -2.31. The molecule has 0 saturated heterocycles. The number of hydrogen-bond donors (Lipinski definition) is 2. The van der Waals surface area contributed by atoms with E-state index < -0.39 is 0 Å². The molecular formula is C7H15NO2. The van der Waals surface area contributed by atoms with Crippen LogP contribution in [0.4, 0.5) is 0 Å². The highest BCUT2D eigenvalue weighted by Gasteiger charge is 2.04. The maximum Gasteiger partial charge on any atom is 0.0610 e. The summed E-state index contributed by atoms with van der Waals surface area (Å²) in [6, 6.07) is -0.0255. The standard InChI is InChI=1S/C7H15NO2/c1-6(2)4-7(5-9)8-10-3/h7-9H,1,4-5H2,2-3H3. The van der Waals surface area contributed by atoms with Crippen LogP contribution in [0.2, 0.25) is 0 Å². The maximum atomic E-state index is 8.72. The molecule has 0 fully saturated rings. The molecule has 60 valence electrons. The Balaban J connectivity index is 3.49. The number of hydrogen-bond acceptors (Lipinski definition) is 3. The Labute approximate surface area is 61.7 Å². The second kappa shape index (κ2) is 5.41. The average molecular weight is 145 g/mol. The molecule has 0 aromatic carbocycles. The number of aliphatic hydroxyl groups excluding tert-OH is 1. The van der Waals surface area contributed by atoms with Crippen LogP contribution in [0.25, 0.3) is 0 Å². The zero-order valence-corrected chi connectivity index (χ0v) is 6.55. The molecule has 0 spiro atoms. The summed E-state index contributed by atoms with van der Waals surface area (Å²) in [4.78, 5) is 4.64. The fourth-order valence-corrected chi connectivity index (χ4v) is 0.731. The molecule has 3 nitrogen and oxygen atoms in total. The van der Waals surface area contributed by atoms with E-state index in [1.807, 2.05) is 6.92 Å². The van der Waals surface area contributed by atoms with Crippen molar-refractivity contribution in [2.45, 2.75) is 19.4 Å². The Hall–Kier alpha value is -0.380. The molecule has 3 heteroatoms. The van der Waals surface area contributed by atoms with Gasteiger partial charge in [0.1, 0.15) is 0 Å². The van der Waals surface area contributed by atoms with Gasteiger partial charge in [-0.05, 0) is 13.3 Å². The number of aliphatic hydroxyl groups is 1. The van der Waals surface area contributed by atoms with Crippen LogP contribution >= 0.6 is 0 Å². The fraction of sp³-hybridized carbons (Fsp3) is 0.714. The lowest BCUT2D eigenvalue weighted by molar-refractivity contribution is 0.0403. The quantitative estimate of drug-likeness (QED) is 0.436. The van der Waals surface area contributed by atoms with E-state index >= 15 is 0 Å². The van der Waals surface area contributed by atoms with Gasteiger partial charge in [-0.1, -0.05) is 5.57 Å². The van der Waals surface area contributed by atoms with E-state index in [0.29, 0.717) is 0 Å². The van der Waals surface area contributed by atoms with Crippen molar-refractivity contribution in [2.24, 2.45) is 0 Å². The molecule has 1 unspecified atom stereocenters. The van der Waals surface area contributed by atoms with Crippen LogP contribution in [0.15, 0.2) is 12.2 Å². The summed E-state index contributed by atoms with van der Waals surface area (Å²) in [5.41, 5.74) is 3.68. The van der Waals surface area contributed by atoms with Crippen molar-refractivity contribution in [3.8, 4) is 0 Å². The van der Waals surface area contributed by atoms with Crippen molar-refractivity contribution in [3.63, 3.8) is 0 Å². The summed E-state index contributed by atoms with van der Waals surface area (Å²) >= 11 is 0. The molecule has 0 aliphatic carbocycles. The van der Waals surface area contributed by atoms with Gasteiger partial charge in [-0.2, -0.15) is 5.48 Å². The Morgan fingerprint density at radius 3 is 2.70 bits per heavy atom. The smallest absolute Gasteiger partial charge is 0.0610 e. The van der Waals surface area contributed by atoms with Gasteiger partial charge in [0.15, 0.2) is 0 Å². The Kier molecular flexibility index (Phi) is 5.20. The lowest BCUT2D eigenvalue weighted by Gasteiger charge is -2.13. The van der Waals surface area contributed by atoms with Crippen molar-refractivity contribution >= 4 is 0 Å². The minimum absolute atomic E-state index is 0.0255. The molecule has 0 aromatic rings. The minimum atomic E-state index is -0.0255. The monoisotopic (exact) mass is 145 g/mol. The van der Waals surface area contributed by atoms with E-state index in [1.54, 1.807) is 0 Å². The highest BCUT2D eigenvalue weighted by atomic mass is 16.6. The summed E-state index contributed by atoms with van der Waals surface area (Å²) in [5.74, 6) is 0. The predicted octanol–water partition coefficient (Wildman–Crippen LogP) is 0.465. The van der Waals surface area contributed by atoms with E-state index in [1.165, 1.54) is 7.11 Å². The van der Waals surface area contributed by atoms with Gasteiger partial charge >= 0.3 is 0 Å². The van der Waals surface area contributed by atoms with Crippen molar-refractivity contribution in [2.75, 3.05) is 13.7 Å². The average Bonchev–Trinajstić information content (AvgIpc) is 1.86. The fourth-order valence-electron chi connectivity index (χ4n) is 0.731. The molecule has 1 atom stereocenters. The van der Waals surface area contributed by atoms with Gasteiger partial charge < -0.3 is 9.94 Å². The Morgan fingerprint density at radius 1 is 1.80 bits per heavy atom. The minimum Gasteiger partial charge on any atom is -0.395 e. The molecule has 0 heterocycles.